The summed E-state index contributed by atoms with van der Waals surface area (Å²) in [5, 5.41) is 9.66. The fourth-order valence-electron chi connectivity index (χ4n) is 4.38. The minimum Gasteiger partial charge on any atom is -0.476 e. The van der Waals surface area contributed by atoms with Crippen molar-refractivity contribution < 1.29 is 23.1 Å². The molecular weight excluding hydrogens is 417 g/mol. The predicted molar refractivity (Wildman–Crippen MR) is 114 cm³/mol. The highest BCUT2D eigenvalue weighted by Gasteiger charge is 2.32. The molecule has 0 spiro atoms. The summed E-state index contributed by atoms with van der Waals surface area (Å²) in [7, 11) is 0. The summed E-state index contributed by atoms with van der Waals surface area (Å²) < 4.78 is 41.6. The van der Waals surface area contributed by atoms with Gasteiger partial charge in [-0.25, -0.2) is 9.78 Å². The maximum absolute atomic E-state index is 13.3. The van der Waals surface area contributed by atoms with Gasteiger partial charge in [0.05, 0.1) is 16.9 Å². The van der Waals surface area contributed by atoms with Crippen molar-refractivity contribution in [1.82, 2.24) is 9.55 Å². The fraction of sp³-hybridized carbons (Fsp3) is 0.120. The van der Waals surface area contributed by atoms with Gasteiger partial charge in [0.2, 0.25) is 0 Å². The number of carboxylic acids is 1. The van der Waals surface area contributed by atoms with Gasteiger partial charge in [-0.2, -0.15) is 13.2 Å². The molecule has 0 amide bonds. The third kappa shape index (κ3) is 3.09. The number of hydrogen-bond donors (Lipinski definition) is 1. The van der Waals surface area contributed by atoms with Crippen molar-refractivity contribution in [3.05, 3.63) is 94.8 Å². The predicted octanol–water partition coefficient (Wildman–Crippen LogP) is 6.14. The SMILES string of the molecule is Cc1c(C(=O)O)nc(-c2cccc(C(F)(F)F)c2)n1-c1cccc2c1Cc1ccccc1-2. The standard InChI is InChI=1S/C25H17F3N2O2/c1-14-22(24(31)32)29-23(16-7-4-8-17(12-16)25(26,27)28)30(14)21-11-5-10-19-18-9-3-2-6-15(18)13-20(19)21/h2-12H,13H2,1H3,(H,31,32). The molecule has 0 bridgehead atoms. The van der Waals surface area contributed by atoms with Gasteiger partial charge in [0.25, 0.3) is 0 Å². The number of aromatic carboxylic acids is 1. The van der Waals surface area contributed by atoms with Gasteiger partial charge in [-0.15, -0.1) is 0 Å². The topological polar surface area (TPSA) is 55.1 Å². The van der Waals surface area contributed by atoms with Gasteiger partial charge < -0.3 is 5.11 Å². The van der Waals surface area contributed by atoms with Crippen LogP contribution in [0, 0.1) is 6.92 Å². The third-order valence-corrected chi connectivity index (χ3v) is 5.83. The van der Waals surface area contributed by atoms with Gasteiger partial charge in [-0.1, -0.05) is 48.5 Å². The number of benzene rings is 3. The number of carbonyl (C=O) groups is 1. The molecule has 5 rings (SSSR count). The number of hydrogen-bond acceptors (Lipinski definition) is 2. The molecule has 32 heavy (non-hydrogen) atoms. The van der Waals surface area contributed by atoms with Gasteiger partial charge in [-0.05, 0) is 47.4 Å². The summed E-state index contributed by atoms with van der Waals surface area (Å²) >= 11 is 0. The monoisotopic (exact) mass is 434 g/mol. The second-order valence-electron chi connectivity index (χ2n) is 7.73. The lowest BCUT2D eigenvalue weighted by Crippen LogP contribution is -2.07. The molecule has 3 aromatic carbocycles. The number of nitrogens with zero attached hydrogens (tertiary/aromatic N) is 2. The van der Waals surface area contributed by atoms with E-state index in [2.05, 4.69) is 4.98 Å². The Hall–Kier alpha value is -3.87. The Balaban J connectivity index is 1.77. The lowest BCUT2D eigenvalue weighted by atomic mass is 10.0. The van der Waals surface area contributed by atoms with Crippen LogP contribution in [0.5, 0.6) is 0 Å². The van der Waals surface area contributed by atoms with Crippen molar-refractivity contribution in [2.45, 2.75) is 19.5 Å². The van der Waals surface area contributed by atoms with Crippen LogP contribution in [0.25, 0.3) is 28.2 Å². The van der Waals surface area contributed by atoms with Crippen LogP contribution in [0.2, 0.25) is 0 Å². The van der Waals surface area contributed by atoms with Crippen LogP contribution in [0.4, 0.5) is 13.2 Å². The minimum atomic E-state index is -4.52. The summed E-state index contributed by atoms with van der Waals surface area (Å²) in [6.07, 6.45) is -3.88. The van der Waals surface area contributed by atoms with Crippen molar-refractivity contribution in [3.8, 4) is 28.2 Å². The highest BCUT2D eigenvalue weighted by molar-refractivity contribution is 5.89. The first-order chi connectivity index (χ1) is 15.3. The third-order valence-electron chi connectivity index (χ3n) is 5.83. The Morgan fingerprint density at radius 2 is 1.72 bits per heavy atom. The number of rotatable bonds is 3. The molecule has 1 aromatic heterocycles. The minimum absolute atomic E-state index is 0.162. The second-order valence-corrected chi connectivity index (χ2v) is 7.73. The number of aromatic nitrogens is 2. The second kappa shape index (κ2) is 7.09. The molecular formula is C25H17F3N2O2. The smallest absolute Gasteiger partial charge is 0.416 e. The summed E-state index contributed by atoms with van der Waals surface area (Å²) in [6.45, 7) is 1.62. The Kier molecular flexibility index (Phi) is 4.44. The molecule has 0 aliphatic heterocycles. The molecule has 0 saturated heterocycles. The molecule has 0 fully saturated rings. The zero-order chi connectivity index (χ0) is 22.6. The zero-order valence-electron chi connectivity index (χ0n) is 16.9. The Labute approximate surface area is 181 Å². The van der Waals surface area contributed by atoms with E-state index >= 15 is 0 Å². The first-order valence-corrected chi connectivity index (χ1v) is 9.96. The maximum atomic E-state index is 13.3. The number of carboxylic acid groups (broad SMARTS) is 1. The summed E-state index contributed by atoms with van der Waals surface area (Å²) in [5.41, 5.74) is 4.52. The molecule has 7 heteroatoms. The van der Waals surface area contributed by atoms with Crippen molar-refractivity contribution in [3.63, 3.8) is 0 Å². The van der Waals surface area contributed by atoms with Crippen LogP contribution in [0.1, 0.15) is 32.9 Å². The van der Waals surface area contributed by atoms with Gasteiger partial charge >= 0.3 is 12.1 Å². The van der Waals surface area contributed by atoms with Crippen molar-refractivity contribution in [1.29, 1.82) is 0 Å². The molecule has 1 aliphatic rings. The fourth-order valence-corrected chi connectivity index (χ4v) is 4.38. The van der Waals surface area contributed by atoms with Crippen LogP contribution in [-0.2, 0) is 12.6 Å². The van der Waals surface area contributed by atoms with Gasteiger partial charge in [0.15, 0.2) is 5.69 Å². The Bertz CT molecular complexity index is 1390. The average molecular weight is 434 g/mol. The quantitative estimate of drug-likeness (QED) is 0.371. The van der Waals surface area contributed by atoms with Crippen LogP contribution in [-0.4, -0.2) is 20.6 Å². The van der Waals surface area contributed by atoms with E-state index in [1.54, 1.807) is 11.5 Å². The van der Waals surface area contributed by atoms with E-state index in [9.17, 15) is 23.1 Å². The normalized spacial score (nSPS) is 12.5. The van der Waals surface area contributed by atoms with Crippen LogP contribution < -0.4 is 0 Å². The zero-order valence-corrected chi connectivity index (χ0v) is 16.9. The summed E-state index contributed by atoms with van der Waals surface area (Å²) in [5.74, 6) is -1.07. The van der Waals surface area contributed by atoms with E-state index in [4.69, 9.17) is 0 Å². The molecule has 0 radical (unpaired) electrons. The average Bonchev–Trinajstić information content (AvgIpc) is 3.31. The first-order valence-electron chi connectivity index (χ1n) is 9.96. The highest BCUT2D eigenvalue weighted by atomic mass is 19.4. The summed E-state index contributed by atoms with van der Waals surface area (Å²) in [6, 6.07) is 18.5. The molecule has 4 aromatic rings. The van der Waals surface area contributed by atoms with E-state index in [-0.39, 0.29) is 17.1 Å². The van der Waals surface area contributed by atoms with Gasteiger partial charge in [0, 0.05) is 12.0 Å². The molecule has 1 aliphatic carbocycles. The van der Waals surface area contributed by atoms with Crippen molar-refractivity contribution in [2.24, 2.45) is 0 Å². The van der Waals surface area contributed by atoms with Crippen LogP contribution >= 0.6 is 0 Å². The molecule has 160 valence electrons. The van der Waals surface area contributed by atoms with Gasteiger partial charge in [-0.3, -0.25) is 4.57 Å². The lowest BCUT2D eigenvalue weighted by molar-refractivity contribution is -0.137. The lowest BCUT2D eigenvalue weighted by Gasteiger charge is -2.15. The Morgan fingerprint density at radius 1 is 1.00 bits per heavy atom. The number of imidazole rings is 1. The number of alkyl halides is 3. The van der Waals surface area contributed by atoms with E-state index in [1.165, 1.54) is 12.1 Å². The molecule has 1 heterocycles. The largest absolute Gasteiger partial charge is 0.476 e. The van der Waals surface area contributed by atoms with E-state index in [0.29, 0.717) is 17.8 Å². The first kappa shape index (κ1) is 20.1. The van der Waals surface area contributed by atoms with Crippen LogP contribution in [0.15, 0.2) is 66.7 Å². The molecule has 0 unspecified atom stereocenters. The molecule has 1 N–H and O–H groups in total. The molecule has 0 saturated carbocycles. The number of halogens is 3. The molecule has 4 nitrogen and oxygen atoms in total. The molecule has 0 atom stereocenters. The van der Waals surface area contributed by atoms with Crippen LogP contribution in [0.3, 0.4) is 0 Å². The maximum Gasteiger partial charge on any atom is 0.416 e. The van der Waals surface area contributed by atoms with Gasteiger partial charge in [0.1, 0.15) is 5.82 Å². The van der Waals surface area contributed by atoms with Crippen molar-refractivity contribution >= 4 is 5.97 Å². The van der Waals surface area contributed by atoms with E-state index in [0.717, 1.165) is 34.4 Å². The summed E-state index contributed by atoms with van der Waals surface area (Å²) in [4.78, 5) is 16.1. The van der Waals surface area contributed by atoms with E-state index < -0.39 is 17.7 Å². The van der Waals surface area contributed by atoms with E-state index in [1.807, 2.05) is 42.5 Å². The van der Waals surface area contributed by atoms with Crippen molar-refractivity contribution in [2.75, 3.05) is 0 Å². The number of fused-ring (bicyclic) bond motifs is 3. The Morgan fingerprint density at radius 3 is 2.47 bits per heavy atom. The highest BCUT2D eigenvalue weighted by Crippen LogP contribution is 2.41.